The van der Waals surface area contributed by atoms with Gasteiger partial charge in [-0.2, -0.15) is 5.26 Å². The van der Waals surface area contributed by atoms with E-state index in [0.717, 1.165) is 32.9 Å². The van der Waals surface area contributed by atoms with E-state index in [9.17, 15) is 0 Å². The highest BCUT2D eigenvalue weighted by molar-refractivity contribution is 6.48. The number of hydrogen-bond acceptors (Lipinski definition) is 2. The van der Waals surface area contributed by atoms with Crippen molar-refractivity contribution in [3.05, 3.63) is 24.3 Å². The Kier molecular flexibility index (Phi) is 4.71. The summed E-state index contributed by atoms with van der Waals surface area (Å²) < 4.78 is 0. The quantitative estimate of drug-likeness (QED) is 0.537. The first-order valence-corrected chi connectivity index (χ1v) is 5.71. The van der Waals surface area contributed by atoms with Crippen molar-refractivity contribution in [2.45, 2.75) is 37.2 Å². The molecule has 0 fully saturated rings. The van der Waals surface area contributed by atoms with Gasteiger partial charge in [0, 0.05) is 5.57 Å². The summed E-state index contributed by atoms with van der Waals surface area (Å²) in [6.45, 7) is 5.99. The summed E-state index contributed by atoms with van der Waals surface area (Å²) in [6, 6.07) is 2.29. The summed E-state index contributed by atoms with van der Waals surface area (Å²) in [5.74, 6) is 0.916. The smallest absolute Gasteiger partial charge is 0.146 e. The lowest BCUT2D eigenvalue weighted by molar-refractivity contribution is 0.878. The zero-order chi connectivity index (χ0) is 11.3. The van der Waals surface area contributed by atoms with E-state index in [0.29, 0.717) is 11.6 Å². The topological polar surface area (TPSA) is 49.8 Å². The molecule has 1 rings (SSSR count). The summed E-state index contributed by atoms with van der Waals surface area (Å²) in [7, 11) is 2.00. The molecule has 0 saturated heterocycles. The predicted molar refractivity (Wildman–Crippen MR) is 68.8 cm³/mol. The standard InChI is InChI=1S/C11H18B2N2/c1-3-9-6-12-11(15)5-8(7-14)10(4-2)13-9/h3,5,9-13H,1,4,6,15H2,2H3/b8-5-. The van der Waals surface area contributed by atoms with Crippen molar-refractivity contribution in [3.8, 4) is 6.07 Å². The molecule has 2 N–H and O–H groups in total. The summed E-state index contributed by atoms with van der Waals surface area (Å²) in [4.78, 5) is 0. The largest absolute Gasteiger partial charge is 0.331 e. The van der Waals surface area contributed by atoms with Crippen LogP contribution in [0, 0.1) is 11.3 Å². The molecule has 3 unspecified atom stereocenters. The van der Waals surface area contributed by atoms with E-state index in [4.69, 9.17) is 11.0 Å². The molecule has 0 aromatic carbocycles. The van der Waals surface area contributed by atoms with Gasteiger partial charge in [0.25, 0.3) is 0 Å². The van der Waals surface area contributed by atoms with Gasteiger partial charge in [0.1, 0.15) is 14.6 Å². The van der Waals surface area contributed by atoms with Crippen LogP contribution >= 0.6 is 0 Å². The van der Waals surface area contributed by atoms with Gasteiger partial charge in [0.2, 0.25) is 0 Å². The molecule has 1 aliphatic heterocycles. The maximum absolute atomic E-state index is 9.09. The highest BCUT2D eigenvalue weighted by Crippen LogP contribution is 2.29. The van der Waals surface area contributed by atoms with Gasteiger partial charge >= 0.3 is 0 Å². The fourth-order valence-corrected chi connectivity index (χ4v) is 2.20. The Hall–Kier alpha value is -0.940. The molecule has 0 aromatic rings. The molecule has 0 bridgehead atoms. The van der Waals surface area contributed by atoms with E-state index < -0.39 is 0 Å². The number of nitrogens with two attached hydrogens (primary N) is 1. The number of rotatable bonds is 2. The third-order valence-corrected chi connectivity index (χ3v) is 3.25. The minimum Gasteiger partial charge on any atom is -0.331 e. The zero-order valence-corrected chi connectivity index (χ0v) is 9.45. The Morgan fingerprint density at radius 2 is 2.53 bits per heavy atom. The zero-order valence-electron chi connectivity index (χ0n) is 9.45. The normalized spacial score (nSPS) is 34.5. The molecule has 1 heterocycles. The first kappa shape index (κ1) is 12.1. The molecule has 0 aromatic heterocycles. The summed E-state index contributed by atoms with van der Waals surface area (Å²) in [6.07, 6.45) is 6.07. The Balaban J connectivity index is 2.88. The third kappa shape index (κ3) is 3.28. The van der Waals surface area contributed by atoms with Gasteiger partial charge in [-0.25, -0.2) is 0 Å². The lowest BCUT2D eigenvalue weighted by atomic mass is 9.44. The second-order valence-electron chi connectivity index (χ2n) is 4.31. The van der Waals surface area contributed by atoms with Gasteiger partial charge in [-0.3, -0.25) is 0 Å². The maximum atomic E-state index is 9.09. The Morgan fingerprint density at radius 3 is 3.07 bits per heavy atom. The molecular weight excluding hydrogens is 182 g/mol. The molecule has 78 valence electrons. The van der Waals surface area contributed by atoms with Gasteiger partial charge < -0.3 is 5.73 Å². The summed E-state index contributed by atoms with van der Waals surface area (Å²) >= 11 is 0. The van der Waals surface area contributed by atoms with E-state index in [-0.39, 0.29) is 5.94 Å². The van der Waals surface area contributed by atoms with E-state index in [1.165, 1.54) is 0 Å². The fraction of sp³-hybridized carbons (Fsp3) is 0.545. The number of nitrogens with zero attached hydrogens (tertiary/aromatic N) is 1. The molecule has 0 radical (unpaired) electrons. The summed E-state index contributed by atoms with van der Waals surface area (Å²) in [5, 5.41) is 9.09. The minimum atomic E-state index is 0.0384. The lowest BCUT2D eigenvalue weighted by Gasteiger charge is -2.22. The van der Waals surface area contributed by atoms with Crippen molar-refractivity contribution in [1.82, 2.24) is 0 Å². The molecule has 15 heavy (non-hydrogen) atoms. The second kappa shape index (κ2) is 5.82. The fourth-order valence-electron chi connectivity index (χ4n) is 2.20. The molecule has 2 nitrogen and oxygen atoms in total. The van der Waals surface area contributed by atoms with E-state index >= 15 is 0 Å². The van der Waals surface area contributed by atoms with Gasteiger partial charge in [-0.05, 0) is 11.8 Å². The van der Waals surface area contributed by atoms with Crippen LogP contribution in [0.1, 0.15) is 13.3 Å². The number of nitriles is 1. The van der Waals surface area contributed by atoms with Gasteiger partial charge in [-0.1, -0.05) is 37.6 Å². The Bertz CT molecular complexity index is 293. The van der Waals surface area contributed by atoms with Crippen LogP contribution in [0.25, 0.3) is 0 Å². The van der Waals surface area contributed by atoms with Crippen LogP contribution in [-0.4, -0.2) is 20.5 Å². The predicted octanol–water partition coefficient (Wildman–Crippen LogP) is 1.20. The number of allylic oxidation sites excluding steroid dienone is 2. The SMILES string of the molecule is C=CC1BC(CC)/C(C#N)=C\C(N)BC1. The molecule has 4 heteroatoms. The first-order chi connectivity index (χ1) is 7.21. The van der Waals surface area contributed by atoms with Crippen LogP contribution in [0.15, 0.2) is 24.3 Å². The van der Waals surface area contributed by atoms with Gasteiger partial charge in [0.05, 0.1) is 6.07 Å². The Labute approximate surface area is 93.7 Å². The van der Waals surface area contributed by atoms with Gasteiger partial charge in [-0.15, -0.1) is 6.58 Å². The van der Waals surface area contributed by atoms with Crippen LogP contribution in [0.2, 0.25) is 18.0 Å². The number of hydrogen-bond donors (Lipinski definition) is 1. The highest BCUT2D eigenvalue weighted by Gasteiger charge is 2.22. The van der Waals surface area contributed by atoms with E-state index in [2.05, 4.69) is 19.6 Å². The van der Waals surface area contributed by atoms with Crippen LogP contribution in [-0.2, 0) is 0 Å². The van der Waals surface area contributed by atoms with Crippen LogP contribution in [0.3, 0.4) is 0 Å². The highest BCUT2D eigenvalue weighted by atomic mass is 14.6. The van der Waals surface area contributed by atoms with Crippen molar-refractivity contribution in [2.75, 3.05) is 0 Å². The maximum Gasteiger partial charge on any atom is 0.146 e. The van der Waals surface area contributed by atoms with Crippen molar-refractivity contribution in [2.24, 2.45) is 5.73 Å². The van der Waals surface area contributed by atoms with Crippen molar-refractivity contribution in [1.29, 1.82) is 5.26 Å². The van der Waals surface area contributed by atoms with Crippen molar-refractivity contribution < 1.29 is 0 Å². The van der Waals surface area contributed by atoms with Crippen molar-refractivity contribution >= 4 is 14.6 Å². The minimum absolute atomic E-state index is 0.0384. The van der Waals surface area contributed by atoms with Crippen LogP contribution in [0.5, 0.6) is 0 Å². The third-order valence-electron chi connectivity index (χ3n) is 3.25. The molecular formula is C11H18B2N2. The van der Waals surface area contributed by atoms with E-state index in [1.54, 1.807) is 0 Å². The Morgan fingerprint density at radius 1 is 1.80 bits per heavy atom. The van der Waals surface area contributed by atoms with Crippen LogP contribution < -0.4 is 5.73 Å². The molecule has 1 aliphatic rings. The van der Waals surface area contributed by atoms with Gasteiger partial charge in [0.15, 0.2) is 0 Å². The molecule has 0 spiro atoms. The average molecular weight is 200 g/mol. The van der Waals surface area contributed by atoms with Crippen molar-refractivity contribution in [3.63, 3.8) is 0 Å². The van der Waals surface area contributed by atoms with Crippen LogP contribution in [0.4, 0.5) is 0 Å². The molecule has 0 aliphatic carbocycles. The summed E-state index contributed by atoms with van der Waals surface area (Å²) in [5.41, 5.74) is 6.81. The lowest BCUT2D eigenvalue weighted by Crippen LogP contribution is -2.29. The second-order valence-corrected chi connectivity index (χ2v) is 4.31. The molecule has 3 atom stereocenters. The molecule has 0 amide bonds. The average Bonchev–Trinajstić information content (AvgIpc) is 2.24. The molecule has 0 saturated carbocycles. The monoisotopic (exact) mass is 200 g/mol. The van der Waals surface area contributed by atoms with E-state index in [1.807, 2.05) is 12.2 Å². The first-order valence-electron chi connectivity index (χ1n) is 5.71.